The first-order valence-electron chi connectivity index (χ1n) is 10.1. The zero-order valence-corrected chi connectivity index (χ0v) is 17.0. The van der Waals surface area contributed by atoms with E-state index in [0.29, 0.717) is 24.1 Å². The molecule has 4 nitrogen and oxygen atoms in total. The van der Waals surface area contributed by atoms with Crippen LogP contribution in [0.4, 0.5) is 13.2 Å². The summed E-state index contributed by atoms with van der Waals surface area (Å²) in [5.41, 5.74) is 2.52. The van der Waals surface area contributed by atoms with Crippen LogP contribution >= 0.6 is 0 Å². The Labute approximate surface area is 173 Å². The standard InChI is InChI=1S/C23H24F3N3O/c1-15-3-5-17(6-4-15)16(2)22(30)28-11-9-19(10-12-28)29-14-27-20-13-18(23(24,25)26)7-8-21(20)29/h3-8,13-14,16,19H,9-12H2,1-2H3. The van der Waals surface area contributed by atoms with Crippen LogP contribution in [0.1, 0.15) is 48.4 Å². The smallest absolute Gasteiger partial charge is 0.342 e. The van der Waals surface area contributed by atoms with Crippen LogP contribution in [-0.2, 0) is 11.0 Å². The number of piperidine rings is 1. The van der Waals surface area contributed by atoms with E-state index in [9.17, 15) is 18.0 Å². The van der Waals surface area contributed by atoms with Crippen molar-refractivity contribution in [3.05, 3.63) is 65.5 Å². The minimum atomic E-state index is -4.38. The van der Waals surface area contributed by atoms with Gasteiger partial charge >= 0.3 is 6.18 Å². The molecule has 1 saturated heterocycles. The number of imidazole rings is 1. The van der Waals surface area contributed by atoms with Gasteiger partial charge in [0.05, 0.1) is 28.8 Å². The van der Waals surface area contributed by atoms with Gasteiger partial charge in [-0.2, -0.15) is 13.2 Å². The third-order valence-electron chi connectivity index (χ3n) is 6.02. The molecule has 30 heavy (non-hydrogen) atoms. The van der Waals surface area contributed by atoms with Gasteiger partial charge in [-0.1, -0.05) is 29.8 Å². The van der Waals surface area contributed by atoms with Gasteiger partial charge in [0.1, 0.15) is 0 Å². The predicted octanol–water partition coefficient (Wildman–Crippen LogP) is 5.33. The first kappa shape index (κ1) is 20.4. The topological polar surface area (TPSA) is 38.1 Å². The van der Waals surface area contributed by atoms with Crippen molar-refractivity contribution in [3.63, 3.8) is 0 Å². The number of carbonyl (C=O) groups is 1. The van der Waals surface area contributed by atoms with E-state index in [-0.39, 0.29) is 17.9 Å². The number of rotatable bonds is 3. The summed E-state index contributed by atoms with van der Waals surface area (Å²) < 4.78 is 40.7. The molecular weight excluding hydrogens is 391 g/mol. The van der Waals surface area contributed by atoms with Crippen LogP contribution in [0, 0.1) is 6.92 Å². The Morgan fingerprint density at radius 3 is 2.40 bits per heavy atom. The lowest BCUT2D eigenvalue weighted by molar-refractivity contribution is -0.137. The van der Waals surface area contributed by atoms with Crippen LogP contribution < -0.4 is 0 Å². The van der Waals surface area contributed by atoms with Gasteiger partial charge in [0.2, 0.25) is 5.91 Å². The van der Waals surface area contributed by atoms with E-state index in [1.807, 2.05) is 47.6 Å². The summed E-state index contributed by atoms with van der Waals surface area (Å²) in [5, 5.41) is 0. The minimum absolute atomic E-state index is 0.114. The van der Waals surface area contributed by atoms with Crippen LogP contribution in [0.5, 0.6) is 0 Å². The normalized spacial score (nSPS) is 16.8. The molecule has 1 amide bonds. The van der Waals surface area contributed by atoms with E-state index < -0.39 is 11.7 Å². The van der Waals surface area contributed by atoms with Crippen molar-refractivity contribution >= 4 is 16.9 Å². The Morgan fingerprint density at radius 2 is 1.77 bits per heavy atom. The van der Waals surface area contributed by atoms with Crippen molar-refractivity contribution in [3.8, 4) is 0 Å². The van der Waals surface area contributed by atoms with Crippen LogP contribution in [-0.4, -0.2) is 33.4 Å². The van der Waals surface area contributed by atoms with Gasteiger partial charge in [-0.3, -0.25) is 4.79 Å². The molecule has 0 bridgehead atoms. The first-order valence-corrected chi connectivity index (χ1v) is 10.1. The molecule has 0 aliphatic carbocycles. The highest BCUT2D eigenvalue weighted by Crippen LogP contribution is 2.33. The second kappa shape index (κ2) is 7.78. The summed E-state index contributed by atoms with van der Waals surface area (Å²) >= 11 is 0. The van der Waals surface area contributed by atoms with Gasteiger partial charge in [-0.05, 0) is 50.5 Å². The summed E-state index contributed by atoms with van der Waals surface area (Å²) in [6.07, 6.45) is -1.27. The molecule has 0 spiro atoms. The van der Waals surface area contributed by atoms with Crippen molar-refractivity contribution in [2.24, 2.45) is 0 Å². The lowest BCUT2D eigenvalue weighted by Gasteiger charge is -2.34. The largest absolute Gasteiger partial charge is 0.416 e. The van der Waals surface area contributed by atoms with Gasteiger partial charge in [0.15, 0.2) is 0 Å². The maximum absolute atomic E-state index is 12.9. The maximum Gasteiger partial charge on any atom is 0.416 e. The number of likely N-dealkylation sites (tertiary alicyclic amines) is 1. The molecule has 0 radical (unpaired) electrons. The van der Waals surface area contributed by atoms with E-state index in [1.165, 1.54) is 6.07 Å². The first-order chi connectivity index (χ1) is 14.2. The molecule has 2 heterocycles. The number of alkyl halides is 3. The van der Waals surface area contributed by atoms with Gasteiger partial charge < -0.3 is 9.47 Å². The number of hydrogen-bond donors (Lipinski definition) is 0. The van der Waals surface area contributed by atoms with Crippen LogP contribution in [0.25, 0.3) is 11.0 Å². The molecule has 1 unspecified atom stereocenters. The summed E-state index contributed by atoms with van der Waals surface area (Å²) in [5.74, 6) is -0.0837. The fraction of sp³-hybridized carbons (Fsp3) is 0.391. The molecular formula is C23H24F3N3O. The zero-order valence-electron chi connectivity index (χ0n) is 17.0. The lowest BCUT2D eigenvalue weighted by atomic mass is 9.96. The summed E-state index contributed by atoms with van der Waals surface area (Å²) in [4.78, 5) is 19.0. The Kier molecular flexibility index (Phi) is 5.30. The van der Waals surface area contributed by atoms with Crippen LogP contribution in [0.15, 0.2) is 48.8 Å². The van der Waals surface area contributed by atoms with Gasteiger partial charge in [-0.25, -0.2) is 4.98 Å². The Bertz CT molecular complexity index is 1050. The van der Waals surface area contributed by atoms with Crippen molar-refractivity contribution in [2.75, 3.05) is 13.1 Å². The molecule has 3 aromatic rings. The SMILES string of the molecule is Cc1ccc(C(C)C(=O)N2CCC(n3cnc4cc(C(F)(F)F)ccc43)CC2)cc1. The highest BCUT2D eigenvalue weighted by Gasteiger charge is 2.32. The van der Waals surface area contributed by atoms with Crippen LogP contribution in [0.3, 0.4) is 0 Å². The molecule has 1 aliphatic rings. The average Bonchev–Trinajstić information content (AvgIpc) is 3.16. The third-order valence-corrected chi connectivity index (χ3v) is 6.02. The molecule has 4 rings (SSSR count). The number of benzene rings is 2. The maximum atomic E-state index is 12.9. The summed E-state index contributed by atoms with van der Waals surface area (Å²) in [6.45, 7) is 5.20. The van der Waals surface area contributed by atoms with E-state index in [1.54, 1.807) is 6.33 Å². The fourth-order valence-electron chi connectivity index (χ4n) is 4.14. The molecule has 2 aromatic carbocycles. The molecule has 1 aromatic heterocycles. The van der Waals surface area contributed by atoms with Gasteiger partial charge in [0, 0.05) is 19.1 Å². The number of aromatic nitrogens is 2. The Morgan fingerprint density at radius 1 is 1.10 bits per heavy atom. The van der Waals surface area contributed by atoms with Crippen molar-refractivity contribution < 1.29 is 18.0 Å². The Balaban J connectivity index is 1.44. The second-order valence-electron chi connectivity index (χ2n) is 8.04. The number of carbonyl (C=O) groups excluding carboxylic acids is 1. The minimum Gasteiger partial charge on any atom is -0.342 e. The van der Waals surface area contributed by atoms with E-state index in [2.05, 4.69) is 4.98 Å². The van der Waals surface area contributed by atoms with Crippen molar-refractivity contribution in [1.82, 2.24) is 14.5 Å². The quantitative estimate of drug-likeness (QED) is 0.580. The summed E-state index contributed by atoms with van der Waals surface area (Å²) in [6, 6.07) is 11.8. The lowest BCUT2D eigenvalue weighted by Crippen LogP contribution is -2.41. The number of nitrogens with zero attached hydrogens (tertiary/aromatic N) is 3. The van der Waals surface area contributed by atoms with Crippen molar-refractivity contribution in [2.45, 2.75) is 44.8 Å². The molecule has 7 heteroatoms. The van der Waals surface area contributed by atoms with Crippen LogP contribution in [0.2, 0.25) is 0 Å². The van der Waals surface area contributed by atoms with E-state index in [0.717, 1.165) is 36.1 Å². The summed E-state index contributed by atoms with van der Waals surface area (Å²) in [7, 11) is 0. The molecule has 0 saturated carbocycles. The third kappa shape index (κ3) is 3.93. The molecule has 1 atom stereocenters. The van der Waals surface area contributed by atoms with Gasteiger partial charge in [-0.15, -0.1) is 0 Å². The second-order valence-corrected chi connectivity index (χ2v) is 8.04. The zero-order chi connectivity index (χ0) is 21.5. The fourth-order valence-corrected chi connectivity index (χ4v) is 4.14. The number of fused-ring (bicyclic) bond motifs is 1. The molecule has 158 valence electrons. The molecule has 1 fully saturated rings. The number of halogens is 3. The van der Waals surface area contributed by atoms with Gasteiger partial charge in [0.25, 0.3) is 0 Å². The highest BCUT2D eigenvalue weighted by atomic mass is 19.4. The average molecular weight is 415 g/mol. The van der Waals surface area contributed by atoms with E-state index >= 15 is 0 Å². The number of aryl methyl sites for hydroxylation is 1. The molecule has 0 N–H and O–H groups in total. The highest BCUT2D eigenvalue weighted by molar-refractivity contribution is 5.83. The molecule has 1 aliphatic heterocycles. The number of amides is 1. The van der Waals surface area contributed by atoms with Crippen molar-refractivity contribution in [1.29, 1.82) is 0 Å². The van der Waals surface area contributed by atoms with E-state index in [4.69, 9.17) is 0 Å². The Hall–Kier alpha value is -2.83. The number of hydrogen-bond acceptors (Lipinski definition) is 2. The predicted molar refractivity (Wildman–Crippen MR) is 109 cm³/mol. The monoisotopic (exact) mass is 415 g/mol.